The van der Waals surface area contributed by atoms with Crippen molar-refractivity contribution in [2.75, 3.05) is 13.2 Å². The molecule has 2 aromatic rings. The monoisotopic (exact) mass is 300 g/mol. The molecule has 0 spiro atoms. The van der Waals surface area contributed by atoms with Gasteiger partial charge < -0.3 is 20.0 Å². The minimum atomic E-state index is 0.0565. The Morgan fingerprint density at radius 2 is 2.14 bits per heavy atom. The van der Waals surface area contributed by atoms with Crippen LogP contribution in [0.1, 0.15) is 12.6 Å². The molecule has 1 aromatic carbocycles. The average molecular weight is 300 g/mol. The Bertz CT molecular complexity index is 642. The number of allylic oxidation sites excluding steroid dienone is 3. The molecule has 0 saturated carbocycles. The van der Waals surface area contributed by atoms with E-state index in [0.29, 0.717) is 24.6 Å². The van der Waals surface area contributed by atoms with Gasteiger partial charge in [0.05, 0.1) is 5.69 Å². The summed E-state index contributed by atoms with van der Waals surface area (Å²) in [6.07, 6.45) is 7.63. The second kappa shape index (κ2) is 8.05. The summed E-state index contributed by atoms with van der Waals surface area (Å²) in [5.74, 6) is 1.25. The summed E-state index contributed by atoms with van der Waals surface area (Å²) in [6.45, 7) is 2.32. The van der Waals surface area contributed by atoms with Crippen molar-refractivity contribution >= 4 is 0 Å². The van der Waals surface area contributed by atoms with Gasteiger partial charge in [-0.1, -0.05) is 12.2 Å². The molecule has 0 aliphatic heterocycles. The molecule has 0 atom stereocenters. The molecule has 2 rings (SSSR count). The van der Waals surface area contributed by atoms with Crippen LogP contribution in [-0.4, -0.2) is 23.3 Å². The Morgan fingerprint density at radius 3 is 2.82 bits per heavy atom. The number of hydrogen-bond acceptors (Lipinski definition) is 5. The Labute approximate surface area is 129 Å². The molecule has 0 aliphatic carbocycles. The highest BCUT2D eigenvalue weighted by Crippen LogP contribution is 2.22. The van der Waals surface area contributed by atoms with E-state index in [1.54, 1.807) is 6.26 Å². The summed E-state index contributed by atoms with van der Waals surface area (Å²) < 4.78 is 11.0. The molecule has 0 amide bonds. The van der Waals surface area contributed by atoms with Crippen molar-refractivity contribution in [2.45, 2.75) is 13.3 Å². The smallest absolute Gasteiger partial charge is 0.226 e. The Kier molecular flexibility index (Phi) is 5.80. The molecule has 0 fully saturated rings. The second-order valence-electron chi connectivity index (χ2n) is 4.70. The number of ether oxygens (including phenoxy) is 1. The van der Waals surface area contributed by atoms with Crippen LogP contribution < -0.4 is 10.5 Å². The van der Waals surface area contributed by atoms with Crippen LogP contribution in [0.2, 0.25) is 0 Å². The maximum absolute atomic E-state index is 8.88. The summed E-state index contributed by atoms with van der Waals surface area (Å²) in [7, 11) is 0. The zero-order valence-corrected chi connectivity index (χ0v) is 12.5. The van der Waals surface area contributed by atoms with Gasteiger partial charge >= 0.3 is 0 Å². The quantitative estimate of drug-likeness (QED) is 0.768. The standard InChI is InChI=1S/C17H20N2O3/c1-2-3-4-14(18)11-21-16-7-5-13(6-8-16)17-19-15(9-10-20)12-22-17/h2-8,12,20H,9-11,18H2,1H3/b3-2-,14-4-. The minimum Gasteiger partial charge on any atom is -0.487 e. The van der Waals surface area contributed by atoms with Crippen LogP contribution >= 0.6 is 0 Å². The number of aromatic nitrogens is 1. The normalized spacial score (nSPS) is 12.0. The maximum atomic E-state index is 8.88. The van der Waals surface area contributed by atoms with Gasteiger partial charge in [-0.15, -0.1) is 0 Å². The SMILES string of the molecule is C/C=C\C=C(/N)COc1ccc(-c2nc(CCO)co2)cc1. The third kappa shape index (κ3) is 4.49. The molecule has 1 aromatic heterocycles. The number of nitrogens with two attached hydrogens (primary N) is 1. The summed E-state index contributed by atoms with van der Waals surface area (Å²) in [4.78, 5) is 4.30. The molecule has 1 heterocycles. The minimum absolute atomic E-state index is 0.0565. The predicted octanol–water partition coefficient (Wildman–Crippen LogP) is 2.67. The fourth-order valence-electron chi connectivity index (χ4n) is 1.80. The molecular weight excluding hydrogens is 280 g/mol. The van der Waals surface area contributed by atoms with Crippen molar-refractivity contribution in [1.29, 1.82) is 0 Å². The topological polar surface area (TPSA) is 81.5 Å². The van der Waals surface area contributed by atoms with Crippen molar-refractivity contribution in [1.82, 2.24) is 4.98 Å². The number of aliphatic hydroxyl groups is 1. The van der Waals surface area contributed by atoms with Crippen LogP contribution in [0.25, 0.3) is 11.5 Å². The van der Waals surface area contributed by atoms with E-state index in [1.807, 2.05) is 49.4 Å². The third-order valence-corrected chi connectivity index (χ3v) is 2.93. The summed E-state index contributed by atoms with van der Waals surface area (Å²) in [6, 6.07) is 7.42. The zero-order valence-electron chi connectivity index (χ0n) is 12.5. The molecule has 0 aliphatic rings. The fraction of sp³-hybridized carbons (Fsp3) is 0.235. The molecule has 0 unspecified atom stereocenters. The lowest BCUT2D eigenvalue weighted by molar-refractivity contribution is 0.298. The predicted molar refractivity (Wildman–Crippen MR) is 85.3 cm³/mol. The Hall–Kier alpha value is -2.53. The van der Waals surface area contributed by atoms with Gasteiger partial charge in [-0.3, -0.25) is 0 Å². The van der Waals surface area contributed by atoms with Crippen molar-refractivity contribution in [3.63, 3.8) is 0 Å². The van der Waals surface area contributed by atoms with E-state index in [2.05, 4.69) is 4.98 Å². The van der Waals surface area contributed by atoms with E-state index in [4.69, 9.17) is 20.0 Å². The van der Waals surface area contributed by atoms with Crippen LogP contribution in [0, 0.1) is 0 Å². The van der Waals surface area contributed by atoms with E-state index in [-0.39, 0.29) is 6.61 Å². The molecule has 0 bridgehead atoms. The van der Waals surface area contributed by atoms with Crippen LogP contribution in [0.4, 0.5) is 0 Å². The number of nitrogens with zero attached hydrogens (tertiary/aromatic N) is 1. The van der Waals surface area contributed by atoms with Gasteiger partial charge in [0.2, 0.25) is 5.89 Å². The van der Waals surface area contributed by atoms with E-state index < -0.39 is 0 Å². The molecule has 3 N–H and O–H groups in total. The van der Waals surface area contributed by atoms with Crippen molar-refractivity contribution < 1.29 is 14.3 Å². The first kappa shape index (κ1) is 15.9. The number of hydrogen-bond donors (Lipinski definition) is 2. The van der Waals surface area contributed by atoms with Crippen LogP contribution in [0.3, 0.4) is 0 Å². The maximum Gasteiger partial charge on any atom is 0.226 e. The summed E-state index contributed by atoms with van der Waals surface area (Å²) in [5.41, 5.74) is 8.05. The van der Waals surface area contributed by atoms with Gasteiger partial charge in [-0.2, -0.15) is 0 Å². The molecule has 0 saturated heterocycles. The molecule has 22 heavy (non-hydrogen) atoms. The highest BCUT2D eigenvalue weighted by atomic mass is 16.5. The molecule has 5 heteroatoms. The largest absolute Gasteiger partial charge is 0.487 e. The van der Waals surface area contributed by atoms with Crippen molar-refractivity contribution in [2.24, 2.45) is 5.73 Å². The van der Waals surface area contributed by atoms with E-state index >= 15 is 0 Å². The first-order valence-corrected chi connectivity index (χ1v) is 7.08. The lowest BCUT2D eigenvalue weighted by Gasteiger charge is -2.06. The van der Waals surface area contributed by atoms with Gasteiger partial charge in [0, 0.05) is 24.3 Å². The fourth-order valence-corrected chi connectivity index (χ4v) is 1.80. The molecule has 0 radical (unpaired) electrons. The van der Waals surface area contributed by atoms with E-state index in [9.17, 15) is 0 Å². The van der Waals surface area contributed by atoms with Crippen LogP contribution in [-0.2, 0) is 6.42 Å². The number of oxazole rings is 1. The van der Waals surface area contributed by atoms with Gasteiger partial charge in [-0.25, -0.2) is 4.98 Å². The number of rotatable bonds is 7. The number of aliphatic hydroxyl groups excluding tert-OH is 1. The molecule has 5 nitrogen and oxygen atoms in total. The van der Waals surface area contributed by atoms with E-state index in [1.165, 1.54) is 0 Å². The Balaban J connectivity index is 1.97. The highest BCUT2D eigenvalue weighted by Gasteiger charge is 2.06. The number of benzene rings is 1. The van der Waals surface area contributed by atoms with Crippen LogP contribution in [0.5, 0.6) is 5.75 Å². The lowest BCUT2D eigenvalue weighted by atomic mass is 10.2. The summed E-state index contributed by atoms with van der Waals surface area (Å²) in [5, 5.41) is 8.88. The van der Waals surface area contributed by atoms with Gasteiger partial charge in [0.25, 0.3) is 0 Å². The summed E-state index contributed by atoms with van der Waals surface area (Å²) >= 11 is 0. The molecular formula is C17H20N2O3. The average Bonchev–Trinajstić information content (AvgIpc) is 3.00. The van der Waals surface area contributed by atoms with E-state index in [0.717, 1.165) is 17.0 Å². The first-order valence-electron chi connectivity index (χ1n) is 7.08. The Morgan fingerprint density at radius 1 is 1.36 bits per heavy atom. The second-order valence-corrected chi connectivity index (χ2v) is 4.70. The third-order valence-electron chi connectivity index (χ3n) is 2.93. The van der Waals surface area contributed by atoms with Crippen LogP contribution in [0.15, 0.2) is 58.9 Å². The van der Waals surface area contributed by atoms with Crippen molar-refractivity contribution in [3.05, 3.63) is 60.1 Å². The lowest BCUT2D eigenvalue weighted by Crippen LogP contribution is -2.08. The van der Waals surface area contributed by atoms with Crippen molar-refractivity contribution in [3.8, 4) is 17.2 Å². The first-order chi connectivity index (χ1) is 10.7. The molecule has 116 valence electrons. The zero-order chi connectivity index (χ0) is 15.8. The van der Waals surface area contributed by atoms with Gasteiger partial charge in [-0.05, 0) is 37.3 Å². The van der Waals surface area contributed by atoms with Gasteiger partial charge in [0.15, 0.2) is 0 Å². The van der Waals surface area contributed by atoms with Gasteiger partial charge in [0.1, 0.15) is 18.6 Å². The highest BCUT2D eigenvalue weighted by molar-refractivity contribution is 5.54.